The number of rotatable bonds is 3. The zero-order chi connectivity index (χ0) is 8.10. The molecule has 0 N–H and O–H groups in total. The normalized spacial score (nSPS) is 10.0. The molecule has 0 unspecified atom stereocenters. The zero-order valence-corrected chi connectivity index (χ0v) is 8.47. The van der Waals surface area contributed by atoms with E-state index in [1.807, 2.05) is 11.8 Å². The summed E-state index contributed by atoms with van der Waals surface area (Å²) in [5.74, 6) is 1.15. The largest absolute Gasteiger partial charge is 0.130 e. The fourth-order valence-electron chi connectivity index (χ4n) is 0.858. The molecular weight excluding hydrogens is 172 g/mol. The Balaban J connectivity index is 2.74. The Kier molecular flexibility index (Phi) is 3.87. The lowest BCUT2D eigenvalue weighted by atomic mass is 10.4. The molecule has 1 aromatic carbocycles. The highest BCUT2D eigenvalue weighted by molar-refractivity contribution is 7.99. The molecule has 0 spiro atoms. The first-order valence-electron chi connectivity index (χ1n) is 3.63. The Hall–Kier alpha value is -0.0800. The summed E-state index contributed by atoms with van der Waals surface area (Å²) in [6, 6.07) is 8.65. The molecular formula is C9H12S2. The first kappa shape index (κ1) is 9.01. The van der Waals surface area contributed by atoms with Gasteiger partial charge in [-0.05, 0) is 30.2 Å². The molecule has 0 saturated heterocycles. The minimum atomic E-state index is 1.15. The smallest absolute Gasteiger partial charge is 0.00829 e. The Bertz CT molecular complexity index is 221. The molecule has 0 bridgehead atoms. The van der Waals surface area contributed by atoms with E-state index in [9.17, 15) is 0 Å². The Labute approximate surface area is 76.8 Å². The van der Waals surface area contributed by atoms with Crippen molar-refractivity contribution < 1.29 is 0 Å². The summed E-state index contributed by atoms with van der Waals surface area (Å²) >= 11 is 3.69. The molecule has 60 valence electrons. The van der Waals surface area contributed by atoms with Gasteiger partial charge in [0.2, 0.25) is 0 Å². The summed E-state index contributed by atoms with van der Waals surface area (Å²) < 4.78 is 0. The SMILES string of the molecule is CCSc1cccc(SC)c1. The van der Waals surface area contributed by atoms with Crippen molar-refractivity contribution in [2.45, 2.75) is 16.7 Å². The second-order valence-corrected chi connectivity index (χ2v) is 4.33. The maximum atomic E-state index is 2.23. The number of thioether (sulfide) groups is 2. The van der Waals surface area contributed by atoms with Crippen LogP contribution in [0.1, 0.15) is 6.92 Å². The van der Waals surface area contributed by atoms with E-state index in [0.717, 1.165) is 5.75 Å². The van der Waals surface area contributed by atoms with Crippen LogP contribution < -0.4 is 0 Å². The monoisotopic (exact) mass is 184 g/mol. The fourth-order valence-corrected chi connectivity index (χ4v) is 2.11. The molecule has 2 heteroatoms. The van der Waals surface area contributed by atoms with Gasteiger partial charge in [-0.2, -0.15) is 0 Å². The highest BCUT2D eigenvalue weighted by Gasteiger charge is 1.92. The van der Waals surface area contributed by atoms with Crippen LogP contribution >= 0.6 is 23.5 Å². The van der Waals surface area contributed by atoms with E-state index >= 15 is 0 Å². The minimum absolute atomic E-state index is 1.15. The van der Waals surface area contributed by atoms with Crippen LogP contribution in [0.25, 0.3) is 0 Å². The topological polar surface area (TPSA) is 0 Å². The van der Waals surface area contributed by atoms with Crippen molar-refractivity contribution >= 4 is 23.5 Å². The highest BCUT2D eigenvalue weighted by Crippen LogP contribution is 2.22. The summed E-state index contributed by atoms with van der Waals surface area (Å²) in [6.45, 7) is 2.18. The van der Waals surface area contributed by atoms with Gasteiger partial charge in [-0.15, -0.1) is 23.5 Å². The molecule has 0 fully saturated rings. The standard InChI is InChI=1S/C9H12S2/c1-3-11-9-6-4-5-8(7-9)10-2/h4-7H,3H2,1-2H3. The maximum absolute atomic E-state index is 2.23. The van der Waals surface area contributed by atoms with Crippen LogP contribution in [0.3, 0.4) is 0 Å². The predicted molar refractivity (Wildman–Crippen MR) is 54.6 cm³/mol. The van der Waals surface area contributed by atoms with E-state index in [2.05, 4.69) is 37.4 Å². The lowest BCUT2D eigenvalue weighted by Crippen LogP contribution is -1.73. The third kappa shape index (κ3) is 2.80. The van der Waals surface area contributed by atoms with Crippen molar-refractivity contribution in [3.8, 4) is 0 Å². The van der Waals surface area contributed by atoms with E-state index in [-0.39, 0.29) is 0 Å². The molecule has 0 saturated carbocycles. The average Bonchev–Trinajstić information content (AvgIpc) is 2.06. The maximum Gasteiger partial charge on any atom is 0.00829 e. The summed E-state index contributed by atoms with van der Waals surface area (Å²) in [5, 5.41) is 0. The quantitative estimate of drug-likeness (QED) is 0.659. The molecule has 1 rings (SSSR count). The molecule has 1 aromatic rings. The Morgan fingerprint density at radius 1 is 1.27 bits per heavy atom. The van der Waals surface area contributed by atoms with Gasteiger partial charge in [0.15, 0.2) is 0 Å². The Morgan fingerprint density at radius 2 is 2.00 bits per heavy atom. The van der Waals surface area contributed by atoms with Gasteiger partial charge < -0.3 is 0 Å². The van der Waals surface area contributed by atoms with E-state index in [1.54, 1.807) is 11.8 Å². The van der Waals surface area contributed by atoms with E-state index in [1.165, 1.54) is 9.79 Å². The molecule has 0 atom stereocenters. The molecule has 0 aliphatic carbocycles. The lowest BCUT2D eigenvalue weighted by molar-refractivity contribution is 1.33. The summed E-state index contributed by atoms with van der Waals surface area (Å²) in [7, 11) is 0. The number of benzene rings is 1. The predicted octanol–water partition coefficient (Wildman–Crippen LogP) is 3.52. The van der Waals surface area contributed by atoms with Crippen LogP contribution in [0.15, 0.2) is 34.1 Å². The molecule has 0 radical (unpaired) electrons. The highest BCUT2D eigenvalue weighted by atomic mass is 32.2. The third-order valence-electron chi connectivity index (χ3n) is 1.35. The second kappa shape index (κ2) is 4.73. The fraction of sp³-hybridized carbons (Fsp3) is 0.333. The van der Waals surface area contributed by atoms with Crippen molar-refractivity contribution in [2.75, 3.05) is 12.0 Å². The minimum Gasteiger partial charge on any atom is -0.130 e. The van der Waals surface area contributed by atoms with E-state index in [4.69, 9.17) is 0 Å². The molecule has 0 amide bonds. The van der Waals surface area contributed by atoms with Crippen LogP contribution in [0, 0.1) is 0 Å². The lowest BCUT2D eigenvalue weighted by Gasteiger charge is -1.99. The third-order valence-corrected chi connectivity index (χ3v) is 2.95. The van der Waals surface area contributed by atoms with Crippen molar-refractivity contribution in [1.29, 1.82) is 0 Å². The van der Waals surface area contributed by atoms with Crippen LogP contribution in [0.4, 0.5) is 0 Å². The summed E-state index contributed by atoms with van der Waals surface area (Å²) in [4.78, 5) is 2.72. The van der Waals surface area contributed by atoms with Gasteiger partial charge in [0.05, 0.1) is 0 Å². The van der Waals surface area contributed by atoms with Crippen LogP contribution in [-0.2, 0) is 0 Å². The van der Waals surface area contributed by atoms with Gasteiger partial charge in [0, 0.05) is 9.79 Å². The van der Waals surface area contributed by atoms with E-state index in [0.29, 0.717) is 0 Å². The van der Waals surface area contributed by atoms with Crippen LogP contribution in [-0.4, -0.2) is 12.0 Å². The van der Waals surface area contributed by atoms with Gasteiger partial charge >= 0.3 is 0 Å². The molecule has 0 aromatic heterocycles. The van der Waals surface area contributed by atoms with Gasteiger partial charge in [0.1, 0.15) is 0 Å². The van der Waals surface area contributed by atoms with Gasteiger partial charge in [-0.3, -0.25) is 0 Å². The number of hydrogen-bond acceptors (Lipinski definition) is 2. The first-order chi connectivity index (χ1) is 5.36. The Morgan fingerprint density at radius 3 is 2.64 bits per heavy atom. The van der Waals surface area contributed by atoms with Crippen molar-refractivity contribution in [1.82, 2.24) is 0 Å². The molecule has 0 nitrogen and oxygen atoms in total. The number of hydrogen-bond donors (Lipinski definition) is 0. The van der Waals surface area contributed by atoms with Crippen LogP contribution in [0.2, 0.25) is 0 Å². The van der Waals surface area contributed by atoms with Gasteiger partial charge in [-0.25, -0.2) is 0 Å². The molecule has 0 aliphatic rings. The van der Waals surface area contributed by atoms with E-state index < -0.39 is 0 Å². The van der Waals surface area contributed by atoms with Crippen molar-refractivity contribution in [2.24, 2.45) is 0 Å². The second-order valence-electron chi connectivity index (χ2n) is 2.11. The van der Waals surface area contributed by atoms with Crippen molar-refractivity contribution in [3.63, 3.8) is 0 Å². The molecule has 0 aliphatic heterocycles. The summed E-state index contributed by atoms with van der Waals surface area (Å²) in [6.07, 6.45) is 2.11. The van der Waals surface area contributed by atoms with Crippen molar-refractivity contribution in [3.05, 3.63) is 24.3 Å². The van der Waals surface area contributed by atoms with Gasteiger partial charge in [0.25, 0.3) is 0 Å². The molecule has 0 heterocycles. The average molecular weight is 184 g/mol. The van der Waals surface area contributed by atoms with Gasteiger partial charge in [-0.1, -0.05) is 13.0 Å². The zero-order valence-electron chi connectivity index (χ0n) is 6.83. The summed E-state index contributed by atoms with van der Waals surface area (Å²) in [5.41, 5.74) is 0. The first-order valence-corrected chi connectivity index (χ1v) is 5.84. The van der Waals surface area contributed by atoms with Crippen LogP contribution in [0.5, 0.6) is 0 Å². The molecule has 11 heavy (non-hydrogen) atoms.